The van der Waals surface area contributed by atoms with Crippen molar-refractivity contribution in [2.24, 2.45) is 0 Å². The number of nitrogens with one attached hydrogen (secondary N) is 1. The number of hydrogen-bond donors (Lipinski definition) is 1. The number of rotatable bonds is 5. The summed E-state index contributed by atoms with van der Waals surface area (Å²) in [5.41, 5.74) is 5.34. The highest BCUT2D eigenvalue weighted by atomic mass is 32.1. The zero-order valence-corrected chi connectivity index (χ0v) is 18.0. The lowest BCUT2D eigenvalue weighted by Crippen LogP contribution is -2.08. The standard InChI is InChI=1S/C23H21N3O3S/c1-13(10-20(27)24-23-26-25-15(3)30-23)17-11-18-19(16-8-6-5-7-9-16)12-29-22(18)14(2)21(17)28-4/h5-12H,1-4H3,(H,24,26,27)/b13-10+. The fourth-order valence-corrected chi connectivity index (χ4v) is 4.07. The van der Waals surface area contributed by atoms with Crippen LogP contribution in [0, 0.1) is 13.8 Å². The molecular formula is C23H21N3O3S. The Bertz CT molecular complexity index is 1260. The zero-order valence-electron chi connectivity index (χ0n) is 17.1. The van der Waals surface area contributed by atoms with E-state index in [-0.39, 0.29) is 5.91 Å². The second kappa shape index (κ2) is 8.12. The Morgan fingerprint density at radius 3 is 2.63 bits per heavy atom. The van der Waals surface area contributed by atoms with Crippen LogP contribution in [-0.2, 0) is 4.79 Å². The molecule has 1 N–H and O–H groups in total. The lowest BCUT2D eigenvalue weighted by atomic mass is 9.96. The molecular weight excluding hydrogens is 398 g/mol. The minimum atomic E-state index is -0.265. The summed E-state index contributed by atoms with van der Waals surface area (Å²) in [6.07, 6.45) is 3.31. The van der Waals surface area contributed by atoms with Crippen molar-refractivity contribution in [2.75, 3.05) is 12.4 Å². The lowest BCUT2D eigenvalue weighted by molar-refractivity contribution is -0.111. The Morgan fingerprint density at radius 1 is 1.20 bits per heavy atom. The number of aromatic nitrogens is 2. The van der Waals surface area contributed by atoms with Gasteiger partial charge in [0.15, 0.2) is 0 Å². The van der Waals surface area contributed by atoms with Gasteiger partial charge in [-0.3, -0.25) is 10.1 Å². The largest absolute Gasteiger partial charge is 0.496 e. The van der Waals surface area contributed by atoms with Gasteiger partial charge in [0.05, 0.1) is 13.4 Å². The van der Waals surface area contributed by atoms with Crippen LogP contribution >= 0.6 is 11.3 Å². The van der Waals surface area contributed by atoms with Crippen LogP contribution < -0.4 is 10.1 Å². The highest BCUT2D eigenvalue weighted by molar-refractivity contribution is 7.15. The SMILES string of the molecule is COc1c(/C(C)=C/C(=O)Nc2nnc(C)s2)cc2c(-c3ccccc3)coc2c1C. The summed E-state index contributed by atoms with van der Waals surface area (Å²) in [5.74, 6) is 0.420. The van der Waals surface area contributed by atoms with Crippen LogP contribution in [0.15, 0.2) is 53.2 Å². The number of aryl methyl sites for hydroxylation is 2. The van der Waals surface area contributed by atoms with E-state index in [1.54, 1.807) is 19.4 Å². The average Bonchev–Trinajstić information content (AvgIpc) is 3.34. The maximum Gasteiger partial charge on any atom is 0.250 e. The molecule has 0 aliphatic rings. The minimum Gasteiger partial charge on any atom is -0.496 e. The summed E-state index contributed by atoms with van der Waals surface area (Å²) >= 11 is 1.33. The van der Waals surface area contributed by atoms with Gasteiger partial charge in [0.2, 0.25) is 11.0 Å². The van der Waals surface area contributed by atoms with Gasteiger partial charge in [-0.1, -0.05) is 41.7 Å². The highest BCUT2D eigenvalue weighted by Gasteiger charge is 2.19. The van der Waals surface area contributed by atoms with Gasteiger partial charge in [-0.2, -0.15) is 0 Å². The predicted octanol–water partition coefficient (Wildman–Crippen LogP) is 5.62. The zero-order chi connectivity index (χ0) is 21.3. The Kier molecular flexibility index (Phi) is 5.37. The number of methoxy groups -OCH3 is 1. The van der Waals surface area contributed by atoms with Crippen molar-refractivity contribution in [3.8, 4) is 16.9 Å². The molecule has 2 aromatic carbocycles. The number of fused-ring (bicyclic) bond motifs is 1. The number of ether oxygens (including phenoxy) is 1. The van der Waals surface area contributed by atoms with Crippen molar-refractivity contribution in [2.45, 2.75) is 20.8 Å². The molecule has 0 spiro atoms. The van der Waals surface area contributed by atoms with E-state index < -0.39 is 0 Å². The molecule has 0 fully saturated rings. The van der Waals surface area contributed by atoms with E-state index in [1.165, 1.54) is 11.3 Å². The van der Waals surface area contributed by atoms with Gasteiger partial charge < -0.3 is 9.15 Å². The predicted molar refractivity (Wildman–Crippen MR) is 120 cm³/mol. The Labute approximate surface area is 178 Å². The minimum absolute atomic E-state index is 0.265. The number of allylic oxidation sites excluding steroid dienone is 1. The fourth-order valence-electron chi connectivity index (χ4n) is 3.48. The van der Waals surface area contributed by atoms with Crippen LogP contribution in [0.25, 0.3) is 27.7 Å². The van der Waals surface area contributed by atoms with Crippen molar-refractivity contribution in [3.05, 3.63) is 64.9 Å². The van der Waals surface area contributed by atoms with Crippen LogP contribution in [0.3, 0.4) is 0 Å². The third-order valence-electron chi connectivity index (χ3n) is 4.86. The molecule has 0 aliphatic carbocycles. The molecule has 0 atom stereocenters. The highest BCUT2D eigenvalue weighted by Crippen LogP contribution is 2.40. The van der Waals surface area contributed by atoms with Gasteiger partial charge >= 0.3 is 0 Å². The van der Waals surface area contributed by atoms with Crippen molar-refractivity contribution < 1.29 is 13.9 Å². The van der Waals surface area contributed by atoms with Gasteiger partial charge in [0.1, 0.15) is 16.3 Å². The maximum atomic E-state index is 12.5. The second-order valence-electron chi connectivity index (χ2n) is 6.92. The smallest absolute Gasteiger partial charge is 0.250 e. The van der Waals surface area contributed by atoms with Crippen LogP contribution in [0.5, 0.6) is 5.75 Å². The quantitative estimate of drug-likeness (QED) is 0.425. The van der Waals surface area contributed by atoms with Crippen LogP contribution in [0.2, 0.25) is 0 Å². The van der Waals surface area contributed by atoms with Crippen molar-refractivity contribution in [1.82, 2.24) is 10.2 Å². The van der Waals surface area contributed by atoms with Crippen LogP contribution in [0.4, 0.5) is 5.13 Å². The number of nitrogens with zero attached hydrogens (tertiary/aromatic N) is 2. The monoisotopic (exact) mass is 419 g/mol. The molecule has 4 rings (SSSR count). The van der Waals surface area contributed by atoms with Gasteiger partial charge in [0, 0.05) is 28.2 Å². The molecule has 152 valence electrons. The molecule has 0 saturated carbocycles. The Morgan fingerprint density at radius 2 is 1.97 bits per heavy atom. The molecule has 0 unspecified atom stereocenters. The molecule has 0 bridgehead atoms. The molecule has 7 heteroatoms. The summed E-state index contributed by atoms with van der Waals surface area (Å²) in [5, 5.41) is 12.8. The summed E-state index contributed by atoms with van der Waals surface area (Å²) in [7, 11) is 1.62. The van der Waals surface area contributed by atoms with Gasteiger partial charge in [-0.15, -0.1) is 10.2 Å². The van der Waals surface area contributed by atoms with Gasteiger partial charge in [0.25, 0.3) is 0 Å². The van der Waals surface area contributed by atoms with Gasteiger partial charge in [-0.05, 0) is 38.0 Å². The second-order valence-corrected chi connectivity index (χ2v) is 8.10. The van der Waals surface area contributed by atoms with E-state index in [1.807, 2.05) is 57.2 Å². The first-order valence-corrected chi connectivity index (χ1v) is 10.2. The third kappa shape index (κ3) is 3.71. The normalized spacial score (nSPS) is 11.7. The summed E-state index contributed by atoms with van der Waals surface area (Å²) in [4.78, 5) is 12.5. The lowest BCUT2D eigenvalue weighted by Gasteiger charge is -2.13. The van der Waals surface area contributed by atoms with Crippen molar-refractivity contribution >= 4 is 38.9 Å². The van der Waals surface area contributed by atoms with Crippen LogP contribution in [0.1, 0.15) is 23.1 Å². The topological polar surface area (TPSA) is 77.2 Å². The van der Waals surface area contributed by atoms with E-state index in [4.69, 9.17) is 9.15 Å². The first-order chi connectivity index (χ1) is 14.5. The Balaban J connectivity index is 1.77. The number of carbonyl (C=O) groups excluding carboxylic acids is 1. The van der Waals surface area contributed by atoms with E-state index in [9.17, 15) is 4.79 Å². The van der Waals surface area contributed by atoms with E-state index in [0.717, 1.165) is 43.8 Å². The number of benzene rings is 2. The molecule has 6 nitrogen and oxygen atoms in total. The molecule has 0 aliphatic heterocycles. The summed E-state index contributed by atoms with van der Waals surface area (Å²) in [6, 6.07) is 12.1. The molecule has 0 saturated heterocycles. The number of carbonyl (C=O) groups is 1. The molecule has 30 heavy (non-hydrogen) atoms. The number of hydrogen-bond acceptors (Lipinski definition) is 6. The molecule has 0 radical (unpaired) electrons. The number of amides is 1. The van der Waals surface area contributed by atoms with Crippen molar-refractivity contribution in [3.63, 3.8) is 0 Å². The summed E-state index contributed by atoms with van der Waals surface area (Å²) < 4.78 is 11.6. The molecule has 4 aromatic rings. The fraction of sp³-hybridized carbons (Fsp3) is 0.174. The third-order valence-corrected chi connectivity index (χ3v) is 5.62. The maximum absolute atomic E-state index is 12.5. The Hall–Kier alpha value is -3.45. The van der Waals surface area contributed by atoms with E-state index in [2.05, 4.69) is 15.5 Å². The van der Waals surface area contributed by atoms with E-state index >= 15 is 0 Å². The number of anilines is 1. The first kappa shape index (κ1) is 19.8. The first-order valence-electron chi connectivity index (χ1n) is 9.42. The molecule has 1 amide bonds. The van der Waals surface area contributed by atoms with Crippen LogP contribution in [-0.4, -0.2) is 23.2 Å². The van der Waals surface area contributed by atoms with E-state index in [0.29, 0.717) is 10.9 Å². The van der Waals surface area contributed by atoms with Gasteiger partial charge in [-0.25, -0.2) is 0 Å². The summed E-state index contributed by atoms with van der Waals surface area (Å²) in [6.45, 7) is 5.68. The molecule has 2 aromatic heterocycles. The van der Waals surface area contributed by atoms with Crippen molar-refractivity contribution in [1.29, 1.82) is 0 Å². The molecule has 2 heterocycles. The number of furan rings is 1. The average molecular weight is 420 g/mol.